The van der Waals surface area contributed by atoms with Crippen LogP contribution in [0, 0.1) is 34.0 Å². The highest BCUT2D eigenvalue weighted by molar-refractivity contribution is 6.18. The first kappa shape index (κ1) is 19.6. The Labute approximate surface area is 176 Å². The highest BCUT2D eigenvalue weighted by Gasteiger charge is 2.76. The van der Waals surface area contributed by atoms with Gasteiger partial charge in [-0.1, -0.05) is 19.9 Å². The molecule has 1 aliphatic heterocycles. The molecular weight excluding hydrogens is 392 g/mol. The number of rotatable bonds is 3. The van der Waals surface area contributed by atoms with Crippen molar-refractivity contribution in [1.29, 1.82) is 0 Å². The van der Waals surface area contributed by atoms with Gasteiger partial charge >= 0.3 is 11.9 Å². The molecule has 6 rings (SSSR count). The second-order valence-corrected chi connectivity index (χ2v) is 10.6. The third-order valence-electron chi connectivity index (χ3n) is 9.19. The Bertz CT molecular complexity index is 807. The molecule has 0 aromatic rings. The zero-order valence-corrected chi connectivity index (χ0v) is 17.8. The fraction of sp³-hybridized carbons (Fsp3) is 0.783. The highest BCUT2D eigenvalue weighted by atomic mass is 35.5. The van der Waals surface area contributed by atoms with E-state index in [1.807, 2.05) is 0 Å². The van der Waals surface area contributed by atoms with E-state index < -0.39 is 16.9 Å². The van der Waals surface area contributed by atoms with E-state index in [4.69, 9.17) is 21.1 Å². The standard InChI is InChI=1S/C23H29ClO5/c1-13-14-4-8-23(19(13)26)16(10-14)22-7-3-6-21(2,12-28-20(22)27)15(22)11-17(23)29-18(25)5-9-24/h14-17H,1,3-12H2,2H3/t14-,15?,16?,17+,21-,22-,23+/m0/s1. The molecule has 0 aromatic carbocycles. The summed E-state index contributed by atoms with van der Waals surface area (Å²) in [5.41, 5.74) is -0.931. The summed E-state index contributed by atoms with van der Waals surface area (Å²) in [6, 6.07) is 0. The predicted octanol–water partition coefficient (Wildman–Crippen LogP) is 3.82. The molecule has 5 nitrogen and oxygen atoms in total. The smallest absolute Gasteiger partial charge is 0.312 e. The number of allylic oxidation sites excluding steroid dienone is 1. The van der Waals surface area contributed by atoms with Crippen LogP contribution in [0.3, 0.4) is 0 Å². The molecule has 5 saturated carbocycles. The number of ether oxygens (including phenoxy) is 2. The molecule has 4 bridgehead atoms. The SMILES string of the molecule is C=C1C(=O)[C@]23CC[C@H]1CC2[C@@]12CCC[C@@](C)(COC1=O)C2C[C@H]3OC(=O)CCCl. The summed E-state index contributed by atoms with van der Waals surface area (Å²) in [4.78, 5) is 39.5. The average molecular weight is 421 g/mol. The third kappa shape index (κ3) is 2.31. The Morgan fingerprint density at radius 1 is 1.21 bits per heavy atom. The van der Waals surface area contributed by atoms with Crippen molar-refractivity contribution in [3.63, 3.8) is 0 Å². The van der Waals surface area contributed by atoms with Crippen LogP contribution in [0.2, 0.25) is 0 Å². The quantitative estimate of drug-likeness (QED) is 0.394. The average Bonchev–Trinajstić information content (AvgIpc) is 2.69. The van der Waals surface area contributed by atoms with Crippen LogP contribution in [0.1, 0.15) is 58.3 Å². The first-order chi connectivity index (χ1) is 13.8. The summed E-state index contributed by atoms with van der Waals surface area (Å²) in [6.07, 6.45) is 5.24. The van der Waals surface area contributed by atoms with Gasteiger partial charge in [0, 0.05) is 11.3 Å². The van der Waals surface area contributed by atoms with Crippen LogP contribution in [0.4, 0.5) is 0 Å². The number of alkyl halides is 1. The van der Waals surface area contributed by atoms with E-state index in [0.717, 1.165) is 32.1 Å². The Morgan fingerprint density at radius 3 is 2.76 bits per heavy atom. The maximum atomic E-state index is 13.6. The Morgan fingerprint density at radius 2 is 2.00 bits per heavy atom. The number of Topliss-reactive ketones (excluding diaryl/α,β-unsaturated/α-hetero) is 1. The van der Waals surface area contributed by atoms with Crippen LogP contribution in [-0.2, 0) is 23.9 Å². The van der Waals surface area contributed by atoms with Gasteiger partial charge in [0.2, 0.25) is 0 Å². The number of esters is 2. The number of cyclic esters (lactones) is 1. The molecule has 29 heavy (non-hydrogen) atoms. The largest absolute Gasteiger partial charge is 0.465 e. The fourth-order valence-corrected chi connectivity index (χ4v) is 8.09. The number of hydrogen-bond acceptors (Lipinski definition) is 5. The summed E-state index contributed by atoms with van der Waals surface area (Å²) in [7, 11) is 0. The van der Waals surface area contributed by atoms with E-state index in [-0.39, 0.29) is 53.2 Å². The molecule has 5 aliphatic carbocycles. The second kappa shape index (κ2) is 6.32. The van der Waals surface area contributed by atoms with Crippen LogP contribution in [0.15, 0.2) is 12.2 Å². The molecule has 6 heteroatoms. The molecule has 6 aliphatic rings. The van der Waals surface area contributed by atoms with Crippen molar-refractivity contribution in [2.45, 2.75) is 64.4 Å². The number of carbonyl (C=O) groups excluding carboxylic acids is 3. The maximum Gasteiger partial charge on any atom is 0.312 e. The zero-order chi connectivity index (χ0) is 20.6. The van der Waals surface area contributed by atoms with Crippen LogP contribution in [-0.4, -0.2) is 36.3 Å². The van der Waals surface area contributed by atoms with Gasteiger partial charge in [-0.25, -0.2) is 0 Å². The van der Waals surface area contributed by atoms with Gasteiger partial charge < -0.3 is 9.47 Å². The fourth-order valence-electron chi connectivity index (χ4n) is 7.94. The lowest BCUT2D eigenvalue weighted by molar-refractivity contribution is -0.257. The van der Waals surface area contributed by atoms with Gasteiger partial charge in [0.05, 0.1) is 23.9 Å². The van der Waals surface area contributed by atoms with Crippen molar-refractivity contribution < 1.29 is 23.9 Å². The second-order valence-electron chi connectivity index (χ2n) is 10.2. The summed E-state index contributed by atoms with van der Waals surface area (Å²) >= 11 is 5.77. The molecule has 0 N–H and O–H groups in total. The highest BCUT2D eigenvalue weighted by Crippen LogP contribution is 2.73. The van der Waals surface area contributed by atoms with Gasteiger partial charge in [-0.05, 0) is 61.9 Å². The normalized spacial score (nSPS) is 47.9. The van der Waals surface area contributed by atoms with Gasteiger partial charge in [-0.2, -0.15) is 0 Å². The number of ketones is 1. The monoisotopic (exact) mass is 420 g/mol. The van der Waals surface area contributed by atoms with Crippen molar-refractivity contribution in [2.24, 2.45) is 34.0 Å². The summed E-state index contributed by atoms with van der Waals surface area (Å²) in [5, 5.41) is 0. The summed E-state index contributed by atoms with van der Waals surface area (Å²) in [5.74, 6) is -0.185. The molecule has 1 heterocycles. The van der Waals surface area contributed by atoms with Crippen molar-refractivity contribution in [1.82, 2.24) is 0 Å². The van der Waals surface area contributed by atoms with Crippen LogP contribution < -0.4 is 0 Å². The maximum absolute atomic E-state index is 13.6. The van der Waals surface area contributed by atoms with Crippen molar-refractivity contribution in [3.05, 3.63) is 12.2 Å². The van der Waals surface area contributed by atoms with Gasteiger partial charge in [0.15, 0.2) is 5.78 Å². The molecule has 158 valence electrons. The van der Waals surface area contributed by atoms with Crippen molar-refractivity contribution in [2.75, 3.05) is 12.5 Å². The van der Waals surface area contributed by atoms with Crippen LogP contribution in [0.5, 0.6) is 0 Å². The molecule has 1 spiro atoms. The predicted molar refractivity (Wildman–Crippen MR) is 106 cm³/mol. The lowest BCUT2D eigenvalue weighted by Crippen LogP contribution is -2.73. The zero-order valence-electron chi connectivity index (χ0n) is 17.0. The summed E-state index contributed by atoms with van der Waals surface area (Å²) < 4.78 is 11.8. The molecule has 7 atom stereocenters. The molecule has 0 radical (unpaired) electrons. The van der Waals surface area contributed by atoms with Gasteiger partial charge in [-0.15, -0.1) is 11.6 Å². The van der Waals surface area contributed by atoms with Gasteiger partial charge in [0.1, 0.15) is 6.10 Å². The van der Waals surface area contributed by atoms with Gasteiger partial charge in [-0.3, -0.25) is 14.4 Å². The Balaban J connectivity index is 1.65. The first-order valence-electron chi connectivity index (χ1n) is 11.0. The van der Waals surface area contributed by atoms with E-state index in [2.05, 4.69) is 13.5 Å². The molecule has 0 amide bonds. The van der Waals surface area contributed by atoms with E-state index in [1.54, 1.807) is 0 Å². The number of fused-ring (bicyclic) bond motifs is 2. The minimum absolute atomic E-state index is 0.0205. The third-order valence-corrected chi connectivity index (χ3v) is 9.38. The topological polar surface area (TPSA) is 69.7 Å². The van der Waals surface area contributed by atoms with Crippen molar-refractivity contribution >= 4 is 29.3 Å². The van der Waals surface area contributed by atoms with Crippen molar-refractivity contribution in [3.8, 4) is 0 Å². The number of carbonyl (C=O) groups is 3. The van der Waals surface area contributed by atoms with Gasteiger partial charge in [0.25, 0.3) is 0 Å². The minimum atomic E-state index is -0.834. The van der Waals surface area contributed by atoms with E-state index in [9.17, 15) is 14.4 Å². The lowest BCUT2D eigenvalue weighted by Gasteiger charge is -2.69. The molecule has 1 saturated heterocycles. The lowest BCUT2D eigenvalue weighted by atomic mass is 9.35. The Hall–Kier alpha value is -1.36. The first-order valence-corrected chi connectivity index (χ1v) is 11.5. The molecule has 6 fully saturated rings. The minimum Gasteiger partial charge on any atom is -0.465 e. The number of halogens is 1. The molecule has 2 unspecified atom stereocenters. The summed E-state index contributed by atoms with van der Waals surface area (Å²) in [6.45, 7) is 6.73. The molecular formula is C23H29ClO5. The van der Waals surface area contributed by atoms with E-state index in [0.29, 0.717) is 25.0 Å². The Kier molecular flexibility index (Phi) is 4.27. The van der Waals surface area contributed by atoms with Crippen LogP contribution >= 0.6 is 11.6 Å². The molecule has 0 aromatic heterocycles. The van der Waals surface area contributed by atoms with E-state index in [1.165, 1.54) is 0 Å². The van der Waals surface area contributed by atoms with Crippen LogP contribution in [0.25, 0.3) is 0 Å². The van der Waals surface area contributed by atoms with E-state index >= 15 is 0 Å². The number of hydrogen-bond donors (Lipinski definition) is 0.